The highest BCUT2D eigenvalue weighted by atomic mass is 32.2. The smallest absolute Gasteiger partial charge is 0.491 e. The Kier molecular flexibility index (Phi) is 3.76. The molecule has 0 aliphatic carbocycles. The zero-order valence-corrected chi connectivity index (χ0v) is 7.83. The third-order valence-electron chi connectivity index (χ3n) is 1.63. The Balaban J connectivity index is 2.94. The zero-order valence-electron chi connectivity index (χ0n) is 7.01. The Morgan fingerprint density at radius 1 is 1.50 bits per heavy atom. The Hall–Kier alpha value is -0.755. The van der Waals surface area contributed by atoms with E-state index in [2.05, 4.69) is 0 Å². The molecule has 1 atom stereocenters. The second-order valence-corrected chi connectivity index (χ2v) is 3.57. The Morgan fingerprint density at radius 3 is 2.57 bits per heavy atom. The first kappa shape index (κ1) is 11.3. The maximum Gasteiger partial charge on any atom is 0.491 e. The molecule has 0 amide bonds. The molecule has 2 N–H and O–H groups in total. The molecule has 0 fully saturated rings. The fraction of sp³-hybridized carbons (Fsp3) is 0.143. The van der Waals surface area contributed by atoms with Gasteiger partial charge in [0.05, 0.1) is 0 Å². The maximum atomic E-state index is 13.0. The third-order valence-corrected chi connectivity index (χ3v) is 2.20. The summed E-state index contributed by atoms with van der Waals surface area (Å²) >= 11 is -2.28. The van der Waals surface area contributed by atoms with Crippen molar-refractivity contribution in [2.24, 2.45) is 0 Å². The van der Waals surface area contributed by atoms with Crippen LogP contribution in [0.4, 0.5) is 4.39 Å². The minimum atomic E-state index is -2.28. The van der Waals surface area contributed by atoms with Gasteiger partial charge in [-0.3, -0.25) is 4.21 Å². The summed E-state index contributed by atoms with van der Waals surface area (Å²) in [4.78, 5) is 0. The molecule has 0 spiro atoms. The van der Waals surface area contributed by atoms with E-state index >= 15 is 0 Å². The number of rotatable bonds is 3. The molecule has 1 aromatic rings. The van der Waals surface area contributed by atoms with Crippen LogP contribution >= 0.6 is 0 Å². The van der Waals surface area contributed by atoms with Gasteiger partial charge < -0.3 is 14.6 Å². The first-order valence-corrected chi connectivity index (χ1v) is 4.95. The molecule has 1 aromatic carbocycles. The minimum Gasteiger partial charge on any atom is -0.772 e. The Labute approximate surface area is 82.8 Å². The van der Waals surface area contributed by atoms with Crippen molar-refractivity contribution < 1.29 is 23.2 Å². The van der Waals surface area contributed by atoms with Crippen molar-refractivity contribution in [2.75, 3.05) is 0 Å². The lowest BCUT2D eigenvalue weighted by molar-refractivity contribution is 0.423. The number of halogens is 1. The molecule has 0 radical (unpaired) electrons. The average Bonchev–Trinajstić information content (AvgIpc) is 2.01. The number of benzene rings is 1. The fourth-order valence-corrected chi connectivity index (χ4v) is 1.46. The Bertz CT molecular complexity index is 358. The summed E-state index contributed by atoms with van der Waals surface area (Å²) < 4.78 is 33.6. The lowest BCUT2D eigenvalue weighted by Gasteiger charge is -2.07. The normalized spacial score (nSPS) is 12.6. The molecule has 76 valence electrons. The van der Waals surface area contributed by atoms with Crippen LogP contribution in [0.15, 0.2) is 18.2 Å². The summed E-state index contributed by atoms with van der Waals surface area (Å²) in [5.41, 5.74) is -0.00864. The summed E-state index contributed by atoms with van der Waals surface area (Å²) in [6.45, 7) is 0. The van der Waals surface area contributed by atoms with Crippen molar-refractivity contribution in [1.82, 2.24) is 0 Å². The molecule has 0 aliphatic rings. The van der Waals surface area contributed by atoms with Crippen molar-refractivity contribution in [2.45, 2.75) is 5.75 Å². The Morgan fingerprint density at radius 2 is 2.14 bits per heavy atom. The van der Waals surface area contributed by atoms with Gasteiger partial charge in [0.15, 0.2) is 0 Å². The molecule has 4 nitrogen and oxygen atoms in total. The highest BCUT2D eigenvalue weighted by Crippen LogP contribution is 2.04. The first-order valence-electron chi connectivity index (χ1n) is 3.71. The van der Waals surface area contributed by atoms with Crippen molar-refractivity contribution in [3.8, 4) is 0 Å². The average molecular weight is 217 g/mol. The van der Waals surface area contributed by atoms with Gasteiger partial charge in [0, 0.05) is 11.2 Å². The summed E-state index contributed by atoms with van der Waals surface area (Å²) in [5, 5.41) is 17.3. The minimum absolute atomic E-state index is 0.264. The summed E-state index contributed by atoms with van der Waals surface area (Å²) in [7, 11) is -1.89. The van der Waals surface area contributed by atoms with Crippen LogP contribution in [-0.4, -0.2) is 25.9 Å². The highest BCUT2D eigenvalue weighted by Gasteiger charge is 2.16. The molecule has 0 aromatic heterocycles. The van der Waals surface area contributed by atoms with Crippen LogP contribution in [0, 0.1) is 5.82 Å². The quantitative estimate of drug-likeness (QED) is 0.496. The van der Waals surface area contributed by atoms with Gasteiger partial charge in [0.2, 0.25) is 0 Å². The van der Waals surface area contributed by atoms with Crippen molar-refractivity contribution in [3.05, 3.63) is 29.6 Å². The summed E-state index contributed by atoms with van der Waals surface area (Å²) in [6, 6.07) is 3.43. The second-order valence-electron chi connectivity index (χ2n) is 2.68. The maximum absolute atomic E-state index is 13.0. The van der Waals surface area contributed by atoms with Gasteiger partial charge in [-0.25, -0.2) is 4.39 Å². The van der Waals surface area contributed by atoms with E-state index < -0.39 is 24.0 Å². The molecule has 0 saturated heterocycles. The lowest BCUT2D eigenvalue weighted by atomic mass is 9.79. The predicted molar refractivity (Wildman–Crippen MR) is 48.8 cm³/mol. The van der Waals surface area contributed by atoms with Crippen LogP contribution in [0.2, 0.25) is 0 Å². The molecule has 0 aliphatic heterocycles. The largest absolute Gasteiger partial charge is 0.772 e. The lowest BCUT2D eigenvalue weighted by Crippen LogP contribution is -2.32. The van der Waals surface area contributed by atoms with Crippen LogP contribution in [0.1, 0.15) is 5.56 Å². The van der Waals surface area contributed by atoms with E-state index in [0.717, 1.165) is 12.1 Å². The molecule has 7 heteroatoms. The van der Waals surface area contributed by atoms with Crippen molar-refractivity contribution >= 4 is 23.7 Å². The predicted octanol–water partition coefficient (Wildman–Crippen LogP) is -1.12. The van der Waals surface area contributed by atoms with Crippen molar-refractivity contribution in [3.63, 3.8) is 0 Å². The van der Waals surface area contributed by atoms with Gasteiger partial charge in [0.1, 0.15) is 5.82 Å². The molecule has 1 unspecified atom stereocenters. The number of hydrogen-bond donors (Lipinski definition) is 2. The van der Waals surface area contributed by atoms with Gasteiger partial charge in [0.25, 0.3) is 0 Å². The summed E-state index contributed by atoms with van der Waals surface area (Å²) in [5.74, 6) is -1.12. The van der Waals surface area contributed by atoms with Crippen LogP contribution < -0.4 is 5.46 Å². The van der Waals surface area contributed by atoms with Crippen LogP contribution in [-0.2, 0) is 16.8 Å². The van der Waals surface area contributed by atoms with E-state index in [-0.39, 0.29) is 16.8 Å². The molecular weight excluding hydrogens is 210 g/mol. The van der Waals surface area contributed by atoms with E-state index in [4.69, 9.17) is 10.0 Å². The molecule has 0 bridgehead atoms. The standard InChI is InChI=1S/C7H8BFO4S/c9-7-3-5(4-14(12)13)1-2-6(7)8(10)11/h1-3,10-11H,4H2,(H,12,13)/p-1. The van der Waals surface area contributed by atoms with Crippen LogP contribution in [0.5, 0.6) is 0 Å². The monoisotopic (exact) mass is 217 g/mol. The van der Waals surface area contributed by atoms with Crippen LogP contribution in [0.3, 0.4) is 0 Å². The first-order chi connectivity index (χ1) is 6.50. The molecule has 14 heavy (non-hydrogen) atoms. The van der Waals surface area contributed by atoms with E-state index in [9.17, 15) is 13.2 Å². The summed E-state index contributed by atoms with van der Waals surface area (Å²) in [6.07, 6.45) is 0. The highest BCUT2D eigenvalue weighted by molar-refractivity contribution is 7.78. The van der Waals surface area contributed by atoms with Gasteiger partial charge in [-0.2, -0.15) is 0 Å². The second kappa shape index (κ2) is 4.65. The fourth-order valence-electron chi connectivity index (χ4n) is 1.01. The van der Waals surface area contributed by atoms with E-state index in [1.807, 2.05) is 0 Å². The SMILES string of the molecule is O=S([O-])Cc1ccc(B(O)O)c(F)c1. The topological polar surface area (TPSA) is 80.6 Å². The van der Waals surface area contributed by atoms with E-state index in [0.29, 0.717) is 0 Å². The van der Waals surface area contributed by atoms with Gasteiger partial charge >= 0.3 is 7.12 Å². The van der Waals surface area contributed by atoms with Crippen LogP contribution in [0.25, 0.3) is 0 Å². The molecule has 1 rings (SSSR count). The van der Waals surface area contributed by atoms with Crippen molar-refractivity contribution in [1.29, 1.82) is 0 Å². The van der Waals surface area contributed by atoms with Gasteiger partial charge in [-0.1, -0.05) is 23.2 Å². The third kappa shape index (κ3) is 2.88. The van der Waals surface area contributed by atoms with E-state index in [1.165, 1.54) is 6.07 Å². The zero-order chi connectivity index (χ0) is 10.7. The van der Waals surface area contributed by atoms with Gasteiger partial charge in [-0.15, -0.1) is 0 Å². The molecule has 0 heterocycles. The molecule has 0 saturated carbocycles. The molecular formula is C7H7BFO4S-. The van der Waals surface area contributed by atoms with Gasteiger partial charge in [-0.05, 0) is 11.6 Å². The van der Waals surface area contributed by atoms with E-state index in [1.54, 1.807) is 0 Å². The number of hydrogen-bond acceptors (Lipinski definition) is 4.